The van der Waals surface area contributed by atoms with Crippen molar-refractivity contribution in [2.45, 2.75) is 67.6 Å². The van der Waals surface area contributed by atoms with Gasteiger partial charge in [-0.3, -0.25) is 0 Å². The van der Waals surface area contributed by atoms with Crippen molar-refractivity contribution in [3.8, 4) is 0 Å². The molecule has 0 fully saturated rings. The van der Waals surface area contributed by atoms with Crippen molar-refractivity contribution in [1.29, 1.82) is 0 Å². The van der Waals surface area contributed by atoms with E-state index in [9.17, 15) is 0 Å². The summed E-state index contributed by atoms with van der Waals surface area (Å²) in [7, 11) is 15.6. The summed E-state index contributed by atoms with van der Waals surface area (Å²) in [5, 5.41) is 0. The van der Waals surface area contributed by atoms with Gasteiger partial charge in [-0.25, -0.2) is 0 Å². The molecule has 0 aromatic rings. The van der Waals surface area contributed by atoms with E-state index in [2.05, 4.69) is 62.6 Å². The molecule has 0 saturated heterocycles. The molecule has 4 aliphatic carbocycles. The molecule has 0 nitrogen and oxygen atoms in total. The predicted molar refractivity (Wildman–Crippen MR) is 118 cm³/mol. The van der Waals surface area contributed by atoms with Gasteiger partial charge in [-0.05, 0) is 0 Å². The van der Waals surface area contributed by atoms with Gasteiger partial charge in [-0.15, -0.1) is 0 Å². The van der Waals surface area contributed by atoms with Crippen LogP contribution >= 0.6 is 17.0 Å². The fraction of sp³-hybridized carbons (Fsp3) is 0.625. The van der Waals surface area contributed by atoms with E-state index in [4.69, 9.17) is 17.0 Å². The topological polar surface area (TPSA) is 0 Å². The summed E-state index contributed by atoms with van der Waals surface area (Å²) in [6.07, 6.45) is 14.7. The molecular formula is C24H34Cl2Zr. The van der Waals surface area contributed by atoms with Crippen molar-refractivity contribution < 1.29 is 15.9 Å². The molecule has 4 rings (SSSR count). The molecule has 0 radical (unpaired) electrons. The fourth-order valence-electron chi connectivity index (χ4n) is 6.37. The van der Waals surface area contributed by atoms with Crippen LogP contribution in [-0.2, 0) is 15.9 Å². The summed E-state index contributed by atoms with van der Waals surface area (Å²) in [6, 6.07) is 0. The molecular weight excluding hydrogens is 450 g/mol. The third-order valence-corrected chi connectivity index (χ3v) is 27.4. The van der Waals surface area contributed by atoms with Gasteiger partial charge >= 0.3 is 174 Å². The minimum atomic E-state index is -4.31. The van der Waals surface area contributed by atoms with Gasteiger partial charge < -0.3 is 0 Å². The van der Waals surface area contributed by atoms with Crippen LogP contribution in [0.4, 0.5) is 0 Å². The molecule has 0 heterocycles. The Bertz CT molecular complexity index is 786. The maximum atomic E-state index is 7.81. The van der Waals surface area contributed by atoms with Crippen molar-refractivity contribution >= 4 is 20.7 Å². The van der Waals surface area contributed by atoms with E-state index >= 15 is 0 Å². The Kier molecular flexibility index (Phi) is 5.27. The average molecular weight is 485 g/mol. The molecule has 0 spiro atoms. The Morgan fingerprint density at radius 1 is 0.741 bits per heavy atom. The van der Waals surface area contributed by atoms with E-state index in [0.29, 0.717) is 23.7 Å². The summed E-state index contributed by atoms with van der Waals surface area (Å²) in [5.41, 5.74) is 6.26. The molecule has 0 bridgehead atoms. The summed E-state index contributed by atoms with van der Waals surface area (Å²) < 4.78 is 2.83. The first-order valence-corrected chi connectivity index (χ1v) is 21.5. The van der Waals surface area contributed by atoms with Crippen LogP contribution in [0.25, 0.3) is 0 Å². The minimum absolute atomic E-state index is 0.262. The molecule has 4 aliphatic rings. The predicted octanol–water partition coefficient (Wildman–Crippen LogP) is 8.25. The SMILES string of the molecule is C[CH]=[Zr]([Cl])([Cl])([CH]1C=CC2=C1C(C)CCC2C)[CH]1C=CC2=C1C(C)CCC2C. The van der Waals surface area contributed by atoms with Gasteiger partial charge in [-0.1, -0.05) is 0 Å². The molecule has 6 unspecified atom stereocenters. The number of halogens is 2. The first kappa shape index (κ1) is 20.6. The van der Waals surface area contributed by atoms with Gasteiger partial charge in [0.2, 0.25) is 0 Å². The van der Waals surface area contributed by atoms with E-state index in [1.54, 1.807) is 22.3 Å². The van der Waals surface area contributed by atoms with Crippen molar-refractivity contribution in [1.82, 2.24) is 0 Å². The van der Waals surface area contributed by atoms with E-state index in [1.165, 1.54) is 25.7 Å². The second kappa shape index (κ2) is 6.92. The third-order valence-electron chi connectivity index (χ3n) is 8.20. The molecule has 0 saturated carbocycles. The Labute approximate surface area is 173 Å². The van der Waals surface area contributed by atoms with Crippen molar-refractivity contribution in [2.24, 2.45) is 23.7 Å². The summed E-state index contributed by atoms with van der Waals surface area (Å²) in [6.45, 7) is 11.7. The van der Waals surface area contributed by atoms with Crippen LogP contribution in [0.2, 0.25) is 7.25 Å². The molecule has 0 aromatic heterocycles. The average Bonchev–Trinajstić information content (AvgIpc) is 3.28. The van der Waals surface area contributed by atoms with Gasteiger partial charge in [0.05, 0.1) is 0 Å². The molecule has 27 heavy (non-hydrogen) atoms. The van der Waals surface area contributed by atoms with E-state index in [-0.39, 0.29) is 7.25 Å². The van der Waals surface area contributed by atoms with Gasteiger partial charge in [0.1, 0.15) is 0 Å². The zero-order valence-electron chi connectivity index (χ0n) is 17.4. The van der Waals surface area contributed by atoms with Gasteiger partial charge in [0.15, 0.2) is 0 Å². The van der Waals surface area contributed by atoms with Crippen LogP contribution < -0.4 is 0 Å². The Balaban J connectivity index is 1.86. The molecule has 0 aliphatic heterocycles. The quantitative estimate of drug-likeness (QED) is 0.370. The monoisotopic (exact) mass is 482 g/mol. The van der Waals surface area contributed by atoms with Crippen LogP contribution in [0, 0.1) is 23.7 Å². The first-order chi connectivity index (χ1) is 12.7. The molecule has 3 heteroatoms. The molecule has 6 atom stereocenters. The summed E-state index contributed by atoms with van der Waals surface area (Å²) in [4.78, 5) is 0. The summed E-state index contributed by atoms with van der Waals surface area (Å²) >= 11 is -4.31. The molecule has 0 N–H and O–H groups in total. The zero-order valence-corrected chi connectivity index (χ0v) is 21.4. The van der Waals surface area contributed by atoms with Crippen LogP contribution in [0.15, 0.2) is 46.6 Å². The Hall–Kier alpha value is 0.293. The van der Waals surface area contributed by atoms with Gasteiger partial charge in [0, 0.05) is 0 Å². The van der Waals surface area contributed by atoms with Crippen LogP contribution in [0.5, 0.6) is 0 Å². The van der Waals surface area contributed by atoms with E-state index in [1.807, 2.05) is 0 Å². The van der Waals surface area contributed by atoms with Crippen LogP contribution in [0.1, 0.15) is 60.3 Å². The standard InChI is InChI=1S/2C11H15.C2H4.2ClH.Zr/c2*1-8-6-7-9(2)11-5-3-4-10(8)11;1-2;;;/h2*3-5,8-9H,6-7H2,1-2H3;1H,2H3;2*1H;/q;;;;;+2/p-2. The van der Waals surface area contributed by atoms with Crippen molar-refractivity contribution in [3.63, 3.8) is 0 Å². The number of rotatable bonds is 2. The number of hydrogen-bond donors (Lipinski definition) is 0. The number of hydrogen-bond acceptors (Lipinski definition) is 0. The van der Waals surface area contributed by atoms with Gasteiger partial charge in [-0.2, -0.15) is 0 Å². The third kappa shape index (κ3) is 2.97. The molecule has 0 amide bonds. The van der Waals surface area contributed by atoms with E-state index < -0.39 is 15.9 Å². The Morgan fingerprint density at radius 3 is 1.48 bits per heavy atom. The zero-order chi connectivity index (χ0) is 19.6. The van der Waals surface area contributed by atoms with Crippen molar-refractivity contribution in [2.75, 3.05) is 0 Å². The van der Waals surface area contributed by atoms with Crippen LogP contribution in [0.3, 0.4) is 0 Å². The van der Waals surface area contributed by atoms with E-state index in [0.717, 1.165) is 0 Å². The number of allylic oxidation sites excluding steroid dienone is 8. The van der Waals surface area contributed by atoms with Crippen LogP contribution in [-0.4, -0.2) is 3.71 Å². The fourth-order valence-corrected chi connectivity index (χ4v) is 21.0. The normalized spacial score (nSPS) is 39.1. The van der Waals surface area contributed by atoms with Gasteiger partial charge in [0.25, 0.3) is 0 Å². The molecule has 0 aromatic carbocycles. The second-order valence-corrected chi connectivity index (χ2v) is 31.4. The molecule has 148 valence electrons. The maximum absolute atomic E-state index is 7.81. The summed E-state index contributed by atoms with van der Waals surface area (Å²) in [5.74, 6) is 2.49. The van der Waals surface area contributed by atoms with Crippen molar-refractivity contribution in [3.05, 3.63) is 46.6 Å². The second-order valence-electron chi connectivity index (χ2n) is 9.77. The first-order valence-electron chi connectivity index (χ1n) is 10.9. The Morgan fingerprint density at radius 2 is 1.11 bits per heavy atom.